The Balaban J connectivity index is 1.61. The first-order valence-electron chi connectivity index (χ1n) is 10.6. The lowest BCUT2D eigenvalue weighted by atomic mass is 10.1. The molecule has 1 aromatic heterocycles. The van der Waals surface area contributed by atoms with Crippen LogP contribution in [-0.4, -0.2) is 28.9 Å². The standard InChI is InChI=1S/C26H26ClN3O3/c1-32-23-14-19(15-24(33-2)25(23)31)16-28-26-29-17-22(20-8-10-21(27)11-9-20)30(26)13-12-18-6-4-3-5-7-18/h3-11,14-15,17,31H,12-13,16H2,1-2H3,(H,28,29). The topological polar surface area (TPSA) is 68.5 Å². The molecule has 33 heavy (non-hydrogen) atoms. The van der Waals surface area contributed by atoms with E-state index in [0.29, 0.717) is 23.1 Å². The molecule has 2 N–H and O–H groups in total. The van der Waals surface area contributed by atoms with Crippen molar-refractivity contribution in [3.05, 3.63) is 89.1 Å². The van der Waals surface area contributed by atoms with Gasteiger partial charge < -0.3 is 24.5 Å². The van der Waals surface area contributed by atoms with Crippen LogP contribution in [0.3, 0.4) is 0 Å². The van der Waals surface area contributed by atoms with Crippen LogP contribution in [0.1, 0.15) is 11.1 Å². The minimum absolute atomic E-state index is 0.0156. The molecule has 3 aromatic carbocycles. The molecule has 0 unspecified atom stereocenters. The van der Waals surface area contributed by atoms with Gasteiger partial charge in [0, 0.05) is 18.1 Å². The van der Waals surface area contributed by atoms with E-state index in [-0.39, 0.29) is 5.75 Å². The average Bonchev–Trinajstić information content (AvgIpc) is 3.25. The summed E-state index contributed by atoms with van der Waals surface area (Å²) < 4.78 is 12.7. The van der Waals surface area contributed by atoms with Crippen molar-refractivity contribution in [3.63, 3.8) is 0 Å². The zero-order chi connectivity index (χ0) is 23.2. The quantitative estimate of drug-likeness (QED) is 0.329. The van der Waals surface area contributed by atoms with E-state index < -0.39 is 0 Å². The van der Waals surface area contributed by atoms with Crippen LogP contribution < -0.4 is 14.8 Å². The van der Waals surface area contributed by atoms with Crippen molar-refractivity contribution < 1.29 is 14.6 Å². The minimum atomic E-state index is -0.0156. The molecule has 4 aromatic rings. The summed E-state index contributed by atoms with van der Waals surface area (Å²) >= 11 is 6.09. The van der Waals surface area contributed by atoms with Crippen molar-refractivity contribution in [1.29, 1.82) is 0 Å². The molecule has 0 radical (unpaired) electrons. The number of ether oxygens (including phenoxy) is 2. The third kappa shape index (κ3) is 5.23. The Morgan fingerprint density at radius 2 is 1.61 bits per heavy atom. The summed E-state index contributed by atoms with van der Waals surface area (Å²) in [6, 6.07) is 21.7. The highest BCUT2D eigenvalue weighted by atomic mass is 35.5. The van der Waals surface area contributed by atoms with E-state index >= 15 is 0 Å². The predicted molar refractivity (Wildman–Crippen MR) is 131 cm³/mol. The second kappa shape index (κ2) is 10.3. The number of rotatable bonds is 9. The summed E-state index contributed by atoms with van der Waals surface area (Å²) in [6.45, 7) is 1.24. The van der Waals surface area contributed by atoms with E-state index in [4.69, 9.17) is 21.1 Å². The van der Waals surface area contributed by atoms with Gasteiger partial charge in [-0.25, -0.2) is 4.98 Å². The maximum Gasteiger partial charge on any atom is 0.203 e. The fourth-order valence-electron chi connectivity index (χ4n) is 3.71. The van der Waals surface area contributed by atoms with Crippen LogP contribution in [0.4, 0.5) is 5.95 Å². The molecule has 0 saturated carbocycles. The fraction of sp³-hybridized carbons (Fsp3) is 0.192. The van der Waals surface area contributed by atoms with Gasteiger partial charge in [0.15, 0.2) is 11.5 Å². The Hall–Kier alpha value is -3.64. The van der Waals surface area contributed by atoms with Crippen LogP contribution in [0.15, 0.2) is 72.9 Å². The Morgan fingerprint density at radius 1 is 0.939 bits per heavy atom. The Kier molecular flexibility index (Phi) is 7.05. The first kappa shape index (κ1) is 22.6. The molecule has 1 heterocycles. The van der Waals surface area contributed by atoms with Gasteiger partial charge in [-0.15, -0.1) is 0 Å². The smallest absolute Gasteiger partial charge is 0.203 e. The molecule has 170 valence electrons. The summed E-state index contributed by atoms with van der Waals surface area (Å²) in [5, 5.41) is 14.3. The van der Waals surface area contributed by atoms with E-state index in [0.717, 1.165) is 35.7 Å². The van der Waals surface area contributed by atoms with E-state index in [1.807, 2.05) is 48.7 Å². The number of nitrogens with one attached hydrogen (secondary N) is 1. The highest BCUT2D eigenvalue weighted by molar-refractivity contribution is 6.30. The van der Waals surface area contributed by atoms with E-state index in [1.54, 1.807) is 12.1 Å². The Labute approximate surface area is 198 Å². The number of hydrogen-bond acceptors (Lipinski definition) is 5. The highest BCUT2D eigenvalue weighted by Crippen LogP contribution is 2.37. The second-order valence-corrected chi connectivity index (χ2v) is 8.00. The van der Waals surface area contributed by atoms with Gasteiger partial charge in [0.1, 0.15) is 0 Å². The highest BCUT2D eigenvalue weighted by Gasteiger charge is 2.14. The average molecular weight is 464 g/mol. The van der Waals surface area contributed by atoms with Crippen LogP contribution in [0.5, 0.6) is 17.2 Å². The van der Waals surface area contributed by atoms with E-state index in [1.165, 1.54) is 19.8 Å². The summed E-state index contributed by atoms with van der Waals surface area (Å²) in [7, 11) is 3.03. The summed E-state index contributed by atoms with van der Waals surface area (Å²) in [6.07, 6.45) is 2.74. The van der Waals surface area contributed by atoms with Crippen LogP contribution in [0.25, 0.3) is 11.3 Å². The molecular formula is C26H26ClN3O3. The molecule has 0 aliphatic rings. The van der Waals surface area contributed by atoms with Crippen LogP contribution in [-0.2, 0) is 19.5 Å². The molecule has 0 fully saturated rings. The molecule has 0 aliphatic carbocycles. The van der Waals surface area contributed by atoms with Crippen molar-refractivity contribution >= 4 is 17.5 Å². The third-order valence-corrected chi connectivity index (χ3v) is 5.70. The maximum atomic E-state index is 10.2. The Bertz CT molecular complexity index is 1180. The molecule has 0 amide bonds. The lowest BCUT2D eigenvalue weighted by Gasteiger charge is -2.15. The molecule has 0 atom stereocenters. The van der Waals surface area contributed by atoms with Crippen molar-refractivity contribution in [3.8, 4) is 28.5 Å². The first-order valence-corrected chi connectivity index (χ1v) is 11.0. The Morgan fingerprint density at radius 3 is 2.24 bits per heavy atom. The lowest BCUT2D eigenvalue weighted by molar-refractivity contribution is 0.339. The monoisotopic (exact) mass is 463 g/mol. The van der Waals surface area contributed by atoms with Crippen molar-refractivity contribution in [1.82, 2.24) is 9.55 Å². The number of anilines is 1. The minimum Gasteiger partial charge on any atom is -0.502 e. The number of imidazole rings is 1. The van der Waals surface area contributed by atoms with Crippen LogP contribution >= 0.6 is 11.6 Å². The number of aryl methyl sites for hydroxylation is 1. The number of aromatic hydroxyl groups is 1. The maximum absolute atomic E-state index is 10.2. The number of phenolic OH excluding ortho intramolecular Hbond substituents is 1. The molecule has 0 aliphatic heterocycles. The molecular weight excluding hydrogens is 438 g/mol. The van der Waals surface area contributed by atoms with Gasteiger partial charge in [0.05, 0.1) is 26.1 Å². The molecule has 0 saturated heterocycles. The van der Waals surface area contributed by atoms with Gasteiger partial charge in [-0.3, -0.25) is 0 Å². The summed E-state index contributed by atoms with van der Waals surface area (Å²) in [5.41, 5.74) is 4.20. The third-order valence-electron chi connectivity index (χ3n) is 5.45. The molecule has 0 bridgehead atoms. The van der Waals surface area contributed by atoms with E-state index in [2.05, 4.69) is 27.0 Å². The lowest BCUT2D eigenvalue weighted by Crippen LogP contribution is -2.10. The van der Waals surface area contributed by atoms with Gasteiger partial charge in [-0.1, -0.05) is 54.1 Å². The van der Waals surface area contributed by atoms with E-state index in [9.17, 15) is 5.11 Å². The van der Waals surface area contributed by atoms with Gasteiger partial charge >= 0.3 is 0 Å². The first-order chi connectivity index (χ1) is 16.1. The largest absolute Gasteiger partial charge is 0.502 e. The molecule has 6 nitrogen and oxygen atoms in total. The van der Waals surface area contributed by atoms with Gasteiger partial charge in [-0.2, -0.15) is 0 Å². The van der Waals surface area contributed by atoms with Crippen molar-refractivity contribution in [2.45, 2.75) is 19.5 Å². The molecule has 7 heteroatoms. The van der Waals surface area contributed by atoms with Gasteiger partial charge in [0.2, 0.25) is 11.7 Å². The number of halogens is 1. The number of hydrogen-bond donors (Lipinski definition) is 2. The zero-order valence-electron chi connectivity index (χ0n) is 18.6. The number of aromatic nitrogens is 2. The predicted octanol–water partition coefficient (Wildman–Crippen LogP) is 5.78. The number of phenols is 1. The van der Waals surface area contributed by atoms with Crippen LogP contribution in [0.2, 0.25) is 5.02 Å². The number of methoxy groups -OCH3 is 2. The zero-order valence-corrected chi connectivity index (χ0v) is 19.3. The number of benzene rings is 3. The van der Waals surface area contributed by atoms with Crippen molar-refractivity contribution in [2.75, 3.05) is 19.5 Å². The summed E-state index contributed by atoms with van der Waals surface area (Å²) in [5.74, 6) is 1.46. The van der Waals surface area contributed by atoms with Gasteiger partial charge in [0.25, 0.3) is 0 Å². The number of nitrogens with zero attached hydrogens (tertiary/aromatic N) is 2. The second-order valence-electron chi connectivity index (χ2n) is 7.56. The van der Waals surface area contributed by atoms with Crippen molar-refractivity contribution in [2.24, 2.45) is 0 Å². The van der Waals surface area contributed by atoms with Gasteiger partial charge in [-0.05, 0) is 47.4 Å². The summed E-state index contributed by atoms with van der Waals surface area (Å²) in [4.78, 5) is 4.65. The fourth-order valence-corrected chi connectivity index (χ4v) is 3.84. The molecule has 4 rings (SSSR count). The normalized spacial score (nSPS) is 10.8. The molecule has 0 spiro atoms. The van der Waals surface area contributed by atoms with Crippen LogP contribution in [0, 0.1) is 0 Å². The SMILES string of the molecule is COc1cc(CNc2ncc(-c3ccc(Cl)cc3)n2CCc2ccccc2)cc(OC)c1O.